The van der Waals surface area contributed by atoms with E-state index in [-0.39, 0.29) is 0 Å². The summed E-state index contributed by atoms with van der Waals surface area (Å²) in [5.41, 5.74) is 1.05. The molecule has 3 N–H and O–H groups in total. The zero-order chi connectivity index (χ0) is 12.8. The maximum atomic E-state index is 4.50. The van der Waals surface area contributed by atoms with Gasteiger partial charge < -0.3 is 16.0 Å². The minimum absolute atomic E-state index is 0.793. The second-order valence-corrected chi connectivity index (χ2v) is 4.69. The lowest BCUT2D eigenvalue weighted by atomic mass is 10.3. The van der Waals surface area contributed by atoms with Crippen molar-refractivity contribution >= 4 is 32.6 Å². The van der Waals surface area contributed by atoms with Gasteiger partial charge in [0.05, 0.1) is 10.2 Å². The van der Waals surface area contributed by atoms with E-state index in [2.05, 4.69) is 32.0 Å². The van der Waals surface area contributed by atoms with Gasteiger partial charge in [0.2, 0.25) is 0 Å². The van der Waals surface area contributed by atoms with Gasteiger partial charge in [0.25, 0.3) is 0 Å². The number of thiazole rings is 1. The smallest absolute Gasteiger partial charge is 0.190 e. The molecule has 0 radical (unpaired) electrons. The number of nitrogens with one attached hydrogen (secondary N) is 3. The predicted molar refractivity (Wildman–Crippen MR) is 78.5 cm³/mol. The highest BCUT2D eigenvalue weighted by Crippen LogP contribution is 2.24. The van der Waals surface area contributed by atoms with Crippen molar-refractivity contribution in [1.29, 1.82) is 0 Å². The van der Waals surface area contributed by atoms with Crippen LogP contribution in [0, 0.1) is 0 Å². The lowest BCUT2D eigenvalue weighted by Crippen LogP contribution is -2.37. The molecule has 1 heterocycles. The summed E-state index contributed by atoms with van der Waals surface area (Å²) in [7, 11) is 3.59. The zero-order valence-corrected chi connectivity index (χ0v) is 11.3. The van der Waals surface area contributed by atoms with Crippen molar-refractivity contribution in [3.63, 3.8) is 0 Å². The van der Waals surface area contributed by atoms with Gasteiger partial charge in [-0.1, -0.05) is 23.5 Å². The van der Waals surface area contributed by atoms with E-state index in [1.54, 1.807) is 18.4 Å². The average molecular weight is 263 g/mol. The Morgan fingerprint density at radius 1 is 1.33 bits per heavy atom. The van der Waals surface area contributed by atoms with Crippen LogP contribution in [0.3, 0.4) is 0 Å². The van der Waals surface area contributed by atoms with Gasteiger partial charge in [-0.3, -0.25) is 4.99 Å². The highest BCUT2D eigenvalue weighted by Gasteiger charge is 2.01. The fourth-order valence-corrected chi connectivity index (χ4v) is 2.47. The number of guanidine groups is 1. The first-order chi connectivity index (χ1) is 8.83. The molecule has 6 heteroatoms. The molecular weight excluding hydrogens is 246 g/mol. The second kappa shape index (κ2) is 6.20. The Kier molecular flexibility index (Phi) is 4.35. The molecule has 1 aromatic carbocycles. The van der Waals surface area contributed by atoms with Gasteiger partial charge in [-0.25, -0.2) is 4.98 Å². The summed E-state index contributed by atoms with van der Waals surface area (Å²) in [5.74, 6) is 0.793. The Hall–Kier alpha value is -1.82. The van der Waals surface area contributed by atoms with Crippen LogP contribution in [-0.2, 0) is 0 Å². The van der Waals surface area contributed by atoms with E-state index in [9.17, 15) is 0 Å². The van der Waals surface area contributed by atoms with E-state index >= 15 is 0 Å². The third-order valence-corrected chi connectivity index (χ3v) is 3.44. The molecule has 0 saturated heterocycles. The summed E-state index contributed by atoms with van der Waals surface area (Å²) < 4.78 is 1.21. The molecular formula is C12H17N5S. The number of fused-ring (bicyclic) bond motifs is 1. The molecule has 96 valence electrons. The van der Waals surface area contributed by atoms with Gasteiger partial charge in [0.1, 0.15) is 0 Å². The Bertz CT molecular complexity index is 501. The van der Waals surface area contributed by atoms with E-state index in [1.165, 1.54) is 4.70 Å². The first kappa shape index (κ1) is 12.6. The number of aliphatic imine (C=N–C) groups is 1. The van der Waals surface area contributed by atoms with Gasteiger partial charge in [-0.2, -0.15) is 0 Å². The van der Waals surface area contributed by atoms with Crippen LogP contribution in [0.1, 0.15) is 0 Å². The number of nitrogens with zero attached hydrogens (tertiary/aromatic N) is 2. The van der Waals surface area contributed by atoms with E-state index in [1.807, 2.05) is 25.2 Å². The SMILES string of the molecule is CN=C(NC)NCCNc1nc2ccccc2s1. The van der Waals surface area contributed by atoms with Crippen LogP contribution < -0.4 is 16.0 Å². The molecule has 0 spiro atoms. The summed E-state index contributed by atoms with van der Waals surface area (Å²) in [6.07, 6.45) is 0. The number of rotatable bonds is 4. The Labute approximate surface area is 110 Å². The first-order valence-corrected chi connectivity index (χ1v) is 6.63. The molecule has 2 aromatic rings. The lowest BCUT2D eigenvalue weighted by Gasteiger charge is -2.08. The van der Waals surface area contributed by atoms with Crippen molar-refractivity contribution in [3.05, 3.63) is 24.3 Å². The minimum atomic E-state index is 0.793. The summed E-state index contributed by atoms with van der Waals surface area (Å²) in [5, 5.41) is 10.4. The maximum Gasteiger partial charge on any atom is 0.190 e. The Balaban J connectivity index is 1.83. The average Bonchev–Trinajstić information content (AvgIpc) is 2.81. The van der Waals surface area contributed by atoms with Crippen LogP contribution in [0.5, 0.6) is 0 Å². The molecule has 0 aliphatic heterocycles. The minimum Gasteiger partial charge on any atom is -0.360 e. The summed E-state index contributed by atoms with van der Waals surface area (Å²) in [4.78, 5) is 8.54. The van der Waals surface area contributed by atoms with Crippen molar-refractivity contribution < 1.29 is 0 Å². The van der Waals surface area contributed by atoms with Gasteiger partial charge in [0, 0.05) is 27.2 Å². The summed E-state index contributed by atoms with van der Waals surface area (Å²) in [6.45, 7) is 1.60. The van der Waals surface area contributed by atoms with Crippen molar-refractivity contribution in [1.82, 2.24) is 15.6 Å². The molecule has 0 atom stereocenters. The van der Waals surface area contributed by atoms with E-state index in [4.69, 9.17) is 0 Å². The number of para-hydroxylation sites is 1. The van der Waals surface area contributed by atoms with E-state index < -0.39 is 0 Å². The highest BCUT2D eigenvalue weighted by atomic mass is 32.1. The van der Waals surface area contributed by atoms with Crippen molar-refractivity contribution in [2.75, 3.05) is 32.5 Å². The summed E-state index contributed by atoms with van der Waals surface area (Å²) >= 11 is 1.67. The number of benzene rings is 1. The largest absolute Gasteiger partial charge is 0.360 e. The fourth-order valence-electron chi connectivity index (χ4n) is 1.58. The van der Waals surface area contributed by atoms with Crippen LogP contribution in [-0.4, -0.2) is 38.1 Å². The van der Waals surface area contributed by atoms with Crippen LogP contribution in [0.2, 0.25) is 0 Å². The van der Waals surface area contributed by atoms with Crippen LogP contribution in [0.15, 0.2) is 29.3 Å². The van der Waals surface area contributed by atoms with E-state index in [0.717, 1.165) is 29.7 Å². The molecule has 1 aromatic heterocycles. The van der Waals surface area contributed by atoms with Gasteiger partial charge in [0.15, 0.2) is 11.1 Å². The normalized spacial score (nSPS) is 11.6. The number of aromatic nitrogens is 1. The van der Waals surface area contributed by atoms with Crippen LogP contribution in [0.25, 0.3) is 10.2 Å². The molecule has 2 rings (SSSR count). The summed E-state index contributed by atoms with van der Waals surface area (Å²) in [6, 6.07) is 8.14. The number of hydrogen-bond donors (Lipinski definition) is 3. The Morgan fingerprint density at radius 3 is 2.89 bits per heavy atom. The third-order valence-electron chi connectivity index (χ3n) is 2.45. The first-order valence-electron chi connectivity index (χ1n) is 5.81. The highest BCUT2D eigenvalue weighted by molar-refractivity contribution is 7.22. The quantitative estimate of drug-likeness (QED) is 0.444. The third kappa shape index (κ3) is 3.10. The molecule has 0 aliphatic rings. The molecule has 0 fully saturated rings. The molecule has 0 saturated carbocycles. The van der Waals surface area contributed by atoms with E-state index in [0.29, 0.717) is 0 Å². The molecule has 0 unspecified atom stereocenters. The monoisotopic (exact) mass is 263 g/mol. The van der Waals surface area contributed by atoms with Crippen molar-refractivity contribution in [2.45, 2.75) is 0 Å². The van der Waals surface area contributed by atoms with Gasteiger partial charge in [-0.05, 0) is 12.1 Å². The molecule has 0 amide bonds. The lowest BCUT2D eigenvalue weighted by molar-refractivity contribution is 0.865. The molecule has 18 heavy (non-hydrogen) atoms. The van der Waals surface area contributed by atoms with Crippen LogP contribution >= 0.6 is 11.3 Å². The zero-order valence-electron chi connectivity index (χ0n) is 10.5. The maximum absolute atomic E-state index is 4.50. The fraction of sp³-hybridized carbons (Fsp3) is 0.333. The number of hydrogen-bond acceptors (Lipinski definition) is 4. The van der Waals surface area contributed by atoms with Gasteiger partial charge in [-0.15, -0.1) is 0 Å². The van der Waals surface area contributed by atoms with Crippen LogP contribution in [0.4, 0.5) is 5.13 Å². The standard InChI is InChI=1S/C12H17N5S/c1-13-11(14-2)15-7-8-16-12-17-9-5-3-4-6-10(9)18-12/h3-6H,7-8H2,1-2H3,(H,16,17)(H2,13,14,15). The molecule has 0 aliphatic carbocycles. The number of anilines is 1. The van der Waals surface area contributed by atoms with Crippen molar-refractivity contribution in [3.8, 4) is 0 Å². The molecule has 5 nitrogen and oxygen atoms in total. The van der Waals surface area contributed by atoms with Gasteiger partial charge >= 0.3 is 0 Å². The Morgan fingerprint density at radius 2 is 2.17 bits per heavy atom. The van der Waals surface area contributed by atoms with Crippen molar-refractivity contribution in [2.24, 2.45) is 4.99 Å². The second-order valence-electron chi connectivity index (χ2n) is 3.66. The predicted octanol–water partition coefficient (Wildman–Crippen LogP) is 1.50. The molecule has 0 bridgehead atoms. The topological polar surface area (TPSA) is 61.3 Å².